The van der Waals surface area contributed by atoms with Gasteiger partial charge in [0.25, 0.3) is 23.3 Å². The van der Waals surface area contributed by atoms with Crippen LogP contribution in [0.5, 0.6) is 11.5 Å². The molecule has 8 nitrogen and oxygen atoms in total. The van der Waals surface area contributed by atoms with E-state index in [2.05, 4.69) is 84.8 Å². The number of halogens is 4. The molecule has 4 aromatic carbocycles. The Balaban J connectivity index is 0.000000280. The standard InChI is InChI=1S/2C14H10Br2N2O2.Cu/c2*15-11-6-10(13(19)12(16)7-11)8-17-18-14(20)9-4-2-1-3-5-9;/h2*1-8H,(H2,17,18,19,20);/q;;+2/p+2. The van der Waals surface area contributed by atoms with Crippen molar-refractivity contribution in [3.8, 4) is 11.5 Å². The zero-order valence-electron chi connectivity index (χ0n) is 20.7. The number of hydrogen-bond donors (Lipinski definition) is 0. The number of amides is 2. The van der Waals surface area contributed by atoms with Crippen LogP contribution in [0.15, 0.2) is 113 Å². The van der Waals surface area contributed by atoms with Gasteiger partial charge in [0.05, 0.1) is 22.3 Å². The van der Waals surface area contributed by atoms with E-state index in [-0.39, 0.29) is 28.9 Å². The predicted octanol–water partition coefficient (Wildman–Crippen LogP) is 7.81. The molecule has 4 aromatic rings. The zero-order valence-corrected chi connectivity index (χ0v) is 28.0. The summed E-state index contributed by atoms with van der Waals surface area (Å²) in [4.78, 5) is 19.5. The Morgan fingerprint density at radius 1 is 0.610 bits per heavy atom. The summed E-state index contributed by atoms with van der Waals surface area (Å²) >= 11 is 13.3. The maximum absolute atomic E-state index is 9.75. The van der Waals surface area contributed by atoms with E-state index in [1.807, 2.05) is 12.1 Å². The van der Waals surface area contributed by atoms with Crippen LogP contribution in [0.25, 0.3) is 10.9 Å². The topological polar surface area (TPSA) is 142 Å². The van der Waals surface area contributed by atoms with Crippen molar-refractivity contribution in [3.05, 3.63) is 136 Å². The molecule has 0 fully saturated rings. The van der Waals surface area contributed by atoms with Crippen LogP contribution in [0.1, 0.15) is 22.3 Å². The first-order valence-corrected chi connectivity index (χ1v) is 14.4. The molecule has 0 aliphatic rings. The minimum Gasteiger partial charge on any atom is -0.592 e. The smallest absolute Gasteiger partial charge is 0.592 e. The van der Waals surface area contributed by atoms with Gasteiger partial charge in [-0.15, -0.1) is 0 Å². The van der Waals surface area contributed by atoms with Crippen LogP contribution < -0.4 is 0 Å². The fourth-order valence-electron chi connectivity index (χ4n) is 2.97. The van der Waals surface area contributed by atoms with Crippen LogP contribution in [0.4, 0.5) is 0 Å². The Morgan fingerprint density at radius 3 is 1.29 bits per heavy atom. The minimum absolute atomic E-state index is 0. The van der Waals surface area contributed by atoms with Crippen molar-refractivity contribution in [1.82, 2.24) is 0 Å². The molecule has 2 amide bonds. The number of benzene rings is 4. The third-order valence-corrected chi connectivity index (χ3v) is 7.10. The maximum atomic E-state index is 9.75. The molecule has 0 saturated heterocycles. The van der Waals surface area contributed by atoms with Gasteiger partial charge in [-0.3, -0.25) is 9.59 Å². The molecule has 13 heteroatoms. The molecule has 0 unspecified atom stereocenters. The quantitative estimate of drug-likeness (QED) is 0.0808. The van der Waals surface area contributed by atoms with Gasteiger partial charge < -0.3 is 31.3 Å². The largest absolute Gasteiger partial charge is 2.00 e. The second-order valence-corrected chi connectivity index (χ2v) is 11.3. The van der Waals surface area contributed by atoms with E-state index in [1.54, 1.807) is 72.8 Å². The molecule has 0 spiro atoms. The van der Waals surface area contributed by atoms with Crippen molar-refractivity contribution in [3.63, 3.8) is 0 Å². The predicted molar refractivity (Wildman–Crippen MR) is 177 cm³/mol. The van der Waals surface area contributed by atoms with Crippen molar-refractivity contribution in [2.75, 3.05) is 0 Å². The normalized spacial score (nSPS) is 10.4. The molecule has 0 atom stereocenters. The fourth-order valence-corrected chi connectivity index (χ4v) is 5.49. The average Bonchev–Trinajstić information content (AvgIpc) is 2.95. The summed E-state index contributed by atoms with van der Waals surface area (Å²) in [5.74, 6) is 0.294. The van der Waals surface area contributed by atoms with E-state index in [0.717, 1.165) is 8.95 Å². The maximum Gasteiger partial charge on any atom is 2.00 e. The summed E-state index contributed by atoms with van der Waals surface area (Å²) < 4.78 is 2.98. The van der Waals surface area contributed by atoms with Gasteiger partial charge in [0, 0.05) is 21.4 Å². The number of nitrogens with zero attached hydrogens (tertiary/aromatic N) is 4. The minimum atomic E-state index is -0.164. The van der Waals surface area contributed by atoms with Gasteiger partial charge in [-0.05, 0) is 80.4 Å². The third-order valence-electron chi connectivity index (χ3n) is 4.93. The van der Waals surface area contributed by atoms with E-state index in [4.69, 9.17) is 10.2 Å². The Kier molecular flexibility index (Phi) is 14.5. The summed E-state index contributed by atoms with van der Waals surface area (Å²) in [6.07, 6.45) is 2.86. The fraction of sp³-hybridized carbons (Fsp3) is 0. The third kappa shape index (κ3) is 10.8. The summed E-state index contributed by atoms with van der Waals surface area (Å²) in [6, 6.07) is 24.9. The van der Waals surface area contributed by atoms with Gasteiger partial charge in [0.1, 0.15) is 8.95 Å². The Bertz CT molecular complexity index is 1440. The van der Waals surface area contributed by atoms with E-state index in [0.29, 0.717) is 42.7 Å². The first kappa shape index (κ1) is 34.4. The molecule has 0 heterocycles. The van der Waals surface area contributed by atoms with Crippen LogP contribution >= 0.6 is 63.7 Å². The second-order valence-electron chi connectivity index (χ2n) is 7.77. The first-order valence-electron chi connectivity index (χ1n) is 11.3. The number of carbonyl (C=O) groups excluding carboxylic acids is 2. The molecule has 0 saturated carbocycles. The van der Waals surface area contributed by atoms with Gasteiger partial charge in [-0.2, -0.15) is 0 Å². The van der Waals surface area contributed by atoms with Gasteiger partial charge >= 0.3 is 17.1 Å². The van der Waals surface area contributed by atoms with Gasteiger partial charge in [0.2, 0.25) is 0 Å². The van der Waals surface area contributed by atoms with Crippen molar-refractivity contribution < 1.29 is 36.9 Å². The van der Waals surface area contributed by atoms with Gasteiger partial charge in [-0.25, -0.2) is 0 Å². The van der Waals surface area contributed by atoms with Crippen LogP contribution in [-0.2, 0) is 17.1 Å². The van der Waals surface area contributed by atoms with Crippen LogP contribution in [-0.4, -0.2) is 44.0 Å². The van der Waals surface area contributed by atoms with E-state index >= 15 is 0 Å². The molecular weight excluding hydrogens is 839 g/mol. The zero-order chi connectivity index (χ0) is 29.1. The van der Waals surface area contributed by atoms with Crippen molar-refractivity contribution in [1.29, 1.82) is 0 Å². The summed E-state index contributed by atoms with van der Waals surface area (Å²) in [5.41, 5.74) is 9.80. The van der Waals surface area contributed by atoms with Crippen LogP contribution in [0.2, 0.25) is 0 Å². The first-order chi connectivity index (χ1) is 19.2. The molecule has 1 radical (unpaired) electrons. The van der Waals surface area contributed by atoms with Crippen LogP contribution in [0.3, 0.4) is 0 Å². The van der Waals surface area contributed by atoms with Crippen LogP contribution in [0, 0.1) is 0 Å². The summed E-state index contributed by atoms with van der Waals surface area (Å²) in [7, 11) is 0. The molecule has 0 aliphatic heterocycles. The molecule has 0 aromatic heterocycles. The molecule has 6 N–H and O–H groups in total. The monoisotopic (exact) mass is 857 g/mol. The molecule has 0 bridgehead atoms. The summed E-state index contributed by atoms with van der Waals surface area (Å²) in [5, 5.41) is 23.4. The Labute approximate surface area is 280 Å². The second kappa shape index (κ2) is 17.2. The number of hydrogen-bond acceptors (Lipinski definition) is 2. The molecular formula is C28H22Br4CuN4O4+4. The molecule has 4 rings (SSSR count). The van der Waals surface area contributed by atoms with Crippen molar-refractivity contribution >= 4 is 88.0 Å². The molecule has 0 aliphatic carbocycles. The van der Waals surface area contributed by atoms with Gasteiger partial charge in [-0.1, -0.05) is 68.3 Å². The average molecular weight is 862 g/mol. The number of rotatable bonds is 6. The molecule has 213 valence electrons. The van der Waals surface area contributed by atoms with Crippen molar-refractivity contribution in [2.45, 2.75) is 0 Å². The summed E-state index contributed by atoms with van der Waals surface area (Å²) in [6.45, 7) is 0. The van der Waals surface area contributed by atoms with Gasteiger partial charge in [0.15, 0.2) is 0 Å². The molecule has 41 heavy (non-hydrogen) atoms. The Hall–Kier alpha value is -2.80. The van der Waals surface area contributed by atoms with E-state index in [9.17, 15) is 9.59 Å². The SMILES string of the molecule is [Cu+2].[OH+]=C([N-]N=Cc1cc(Br)cc(Br)c1[OH2+])c1ccccc1.[OH+]=C([N-]N=Cc1cc(Br)cc(Br)c1[OH2+])c1ccccc1. The van der Waals surface area contributed by atoms with E-state index in [1.165, 1.54) is 12.4 Å². The van der Waals surface area contributed by atoms with E-state index < -0.39 is 0 Å². The Morgan fingerprint density at radius 2 is 0.951 bits per heavy atom. The van der Waals surface area contributed by atoms with Crippen molar-refractivity contribution in [2.24, 2.45) is 10.2 Å².